The first kappa shape index (κ1) is 21.0. The molecular weight excluding hydrogens is 412 g/mol. The van der Waals surface area contributed by atoms with E-state index in [1.54, 1.807) is 7.11 Å². The van der Waals surface area contributed by atoms with Gasteiger partial charge in [-0.25, -0.2) is 4.98 Å². The Morgan fingerprint density at radius 3 is 2.48 bits per heavy atom. The van der Waals surface area contributed by atoms with Crippen molar-refractivity contribution in [3.8, 4) is 34.3 Å². The van der Waals surface area contributed by atoms with Crippen LogP contribution in [0, 0.1) is 11.3 Å². The molecule has 1 aliphatic rings. The lowest BCUT2D eigenvalue weighted by Gasteiger charge is -2.33. The number of anilines is 1. The smallest absolute Gasteiger partial charge is 0.237 e. The number of hydrogen-bond donors (Lipinski definition) is 1. The fourth-order valence-corrected chi connectivity index (χ4v) is 4.45. The molecule has 1 fully saturated rings. The SMILES string of the molecule is COc1nc(-c2ccc3cn(C)nc3c2)c(-c2ccc(C#N)cc2)cc1N1CCC(N)CC1. The summed E-state index contributed by atoms with van der Waals surface area (Å²) < 4.78 is 7.57. The molecule has 0 saturated carbocycles. The predicted molar refractivity (Wildman–Crippen MR) is 130 cm³/mol. The molecule has 2 aromatic carbocycles. The minimum absolute atomic E-state index is 0.238. The van der Waals surface area contributed by atoms with Crippen LogP contribution in [-0.2, 0) is 7.05 Å². The second-order valence-electron chi connectivity index (χ2n) is 8.50. The predicted octanol–water partition coefficient (Wildman–Crippen LogP) is 4.11. The first-order valence-corrected chi connectivity index (χ1v) is 11.1. The highest BCUT2D eigenvalue weighted by atomic mass is 16.5. The van der Waals surface area contributed by atoms with Gasteiger partial charge in [-0.2, -0.15) is 10.4 Å². The molecule has 7 nitrogen and oxygen atoms in total. The van der Waals surface area contributed by atoms with Crippen LogP contribution >= 0.6 is 0 Å². The maximum atomic E-state index is 9.23. The fraction of sp³-hybridized carbons (Fsp3) is 0.269. The third-order valence-electron chi connectivity index (χ3n) is 6.26. The van der Waals surface area contributed by atoms with Crippen LogP contribution in [0.25, 0.3) is 33.3 Å². The molecule has 0 amide bonds. The second kappa shape index (κ2) is 8.57. The first-order valence-electron chi connectivity index (χ1n) is 11.1. The van der Waals surface area contributed by atoms with E-state index in [0.29, 0.717) is 11.4 Å². The van der Waals surface area contributed by atoms with Crippen molar-refractivity contribution in [2.24, 2.45) is 12.8 Å². The molecule has 33 heavy (non-hydrogen) atoms. The summed E-state index contributed by atoms with van der Waals surface area (Å²) in [4.78, 5) is 7.29. The van der Waals surface area contributed by atoms with Crippen LogP contribution in [0.4, 0.5) is 5.69 Å². The average molecular weight is 439 g/mol. The lowest BCUT2D eigenvalue weighted by Crippen LogP contribution is -2.39. The molecule has 2 aromatic heterocycles. The third kappa shape index (κ3) is 4.01. The number of fused-ring (bicyclic) bond motifs is 1. The van der Waals surface area contributed by atoms with Gasteiger partial charge in [0.15, 0.2) is 0 Å². The van der Waals surface area contributed by atoms with Crippen LogP contribution in [0.15, 0.2) is 54.7 Å². The van der Waals surface area contributed by atoms with Gasteiger partial charge in [0.05, 0.1) is 30.0 Å². The Morgan fingerprint density at radius 1 is 1.06 bits per heavy atom. The lowest BCUT2D eigenvalue weighted by atomic mass is 9.96. The summed E-state index contributed by atoms with van der Waals surface area (Å²) >= 11 is 0. The maximum absolute atomic E-state index is 9.23. The molecule has 2 N–H and O–H groups in total. The molecule has 5 rings (SSSR count). The number of ether oxygens (including phenoxy) is 1. The summed E-state index contributed by atoms with van der Waals surface area (Å²) in [6, 6.07) is 18.4. The maximum Gasteiger partial charge on any atom is 0.237 e. The van der Waals surface area contributed by atoms with Crippen LogP contribution in [0.2, 0.25) is 0 Å². The molecule has 1 aliphatic heterocycles. The zero-order valence-electron chi connectivity index (χ0n) is 18.8. The van der Waals surface area contributed by atoms with Gasteiger partial charge in [0.2, 0.25) is 5.88 Å². The molecule has 4 aromatic rings. The van der Waals surface area contributed by atoms with E-state index in [4.69, 9.17) is 15.5 Å². The van der Waals surface area contributed by atoms with Crippen molar-refractivity contribution in [2.45, 2.75) is 18.9 Å². The summed E-state index contributed by atoms with van der Waals surface area (Å²) in [6.07, 6.45) is 3.87. The van der Waals surface area contributed by atoms with Crippen molar-refractivity contribution < 1.29 is 4.74 Å². The molecule has 0 unspecified atom stereocenters. The van der Waals surface area contributed by atoms with Crippen molar-refractivity contribution in [1.82, 2.24) is 14.8 Å². The number of nitrogens with zero attached hydrogens (tertiary/aromatic N) is 5. The quantitative estimate of drug-likeness (QED) is 0.515. The number of piperidine rings is 1. The number of rotatable bonds is 4. The van der Waals surface area contributed by atoms with Gasteiger partial charge in [0.1, 0.15) is 5.69 Å². The van der Waals surface area contributed by atoms with Crippen molar-refractivity contribution >= 4 is 16.6 Å². The Kier molecular flexibility index (Phi) is 5.45. The summed E-state index contributed by atoms with van der Waals surface area (Å²) in [7, 11) is 3.58. The van der Waals surface area contributed by atoms with E-state index in [1.165, 1.54) is 0 Å². The number of benzene rings is 2. The van der Waals surface area contributed by atoms with E-state index in [0.717, 1.165) is 64.9 Å². The molecule has 3 heterocycles. The van der Waals surface area contributed by atoms with Crippen LogP contribution in [0.5, 0.6) is 5.88 Å². The Balaban J connectivity index is 1.69. The summed E-state index contributed by atoms with van der Waals surface area (Å²) in [6.45, 7) is 1.73. The van der Waals surface area contributed by atoms with E-state index in [-0.39, 0.29) is 6.04 Å². The third-order valence-corrected chi connectivity index (χ3v) is 6.26. The van der Waals surface area contributed by atoms with Gasteiger partial charge in [-0.3, -0.25) is 4.68 Å². The number of aryl methyl sites for hydroxylation is 1. The highest BCUT2D eigenvalue weighted by Crippen LogP contribution is 2.40. The fourth-order valence-electron chi connectivity index (χ4n) is 4.45. The minimum atomic E-state index is 0.238. The van der Waals surface area contributed by atoms with Crippen molar-refractivity contribution in [3.05, 3.63) is 60.3 Å². The van der Waals surface area contributed by atoms with E-state index in [2.05, 4.69) is 40.3 Å². The number of nitriles is 1. The van der Waals surface area contributed by atoms with Gasteiger partial charge >= 0.3 is 0 Å². The van der Waals surface area contributed by atoms with Crippen LogP contribution < -0.4 is 15.4 Å². The van der Waals surface area contributed by atoms with E-state index in [9.17, 15) is 5.26 Å². The number of aromatic nitrogens is 3. The van der Waals surface area contributed by atoms with Gasteiger partial charge in [0.25, 0.3) is 0 Å². The molecule has 166 valence electrons. The monoisotopic (exact) mass is 438 g/mol. The van der Waals surface area contributed by atoms with E-state index >= 15 is 0 Å². The summed E-state index contributed by atoms with van der Waals surface area (Å²) in [5.74, 6) is 0.596. The zero-order chi connectivity index (χ0) is 22.9. The summed E-state index contributed by atoms with van der Waals surface area (Å²) in [5, 5.41) is 14.9. The number of hydrogen-bond acceptors (Lipinski definition) is 6. The normalized spacial score (nSPS) is 14.4. The average Bonchev–Trinajstić information content (AvgIpc) is 3.23. The largest absolute Gasteiger partial charge is 0.480 e. The molecule has 0 aliphatic carbocycles. The molecule has 0 atom stereocenters. The van der Waals surface area contributed by atoms with Crippen LogP contribution in [0.3, 0.4) is 0 Å². The highest BCUT2D eigenvalue weighted by molar-refractivity contribution is 5.89. The number of pyridine rings is 1. The minimum Gasteiger partial charge on any atom is -0.480 e. The van der Waals surface area contributed by atoms with Crippen LogP contribution in [-0.4, -0.2) is 41.0 Å². The molecule has 0 spiro atoms. The Hall–Kier alpha value is -3.89. The van der Waals surface area contributed by atoms with Gasteiger partial charge in [-0.05, 0) is 42.7 Å². The van der Waals surface area contributed by atoms with Gasteiger partial charge in [-0.1, -0.05) is 24.3 Å². The Bertz CT molecular complexity index is 1340. The first-order chi connectivity index (χ1) is 16.1. The van der Waals surface area contributed by atoms with Gasteiger partial charge < -0.3 is 15.4 Å². The van der Waals surface area contributed by atoms with Gasteiger partial charge in [0, 0.05) is 48.9 Å². The Labute approximate surface area is 193 Å². The topological polar surface area (TPSA) is 93.0 Å². The van der Waals surface area contributed by atoms with Crippen molar-refractivity contribution in [3.63, 3.8) is 0 Å². The van der Waals surface area contributed by atoms with E-state index < -0.39 is 0 Å². The van der Waals surface area contributed by atoms with Crippen molar-refractivity contribution in [1.29, 1.82) is 5.26 Å². The van der Waals surface area contributed by atoms with Crippen LogP contribution in [0.1, 0.15) is 18.4 Å². The second-order valence-corrected chi connectivity index (χ2v) is 8.50. The standard InChI is InChI=1S/C26H26N6O/c1-31-16-20-8-7-19(13-23(20)30-31)25-22(18-5-3-17(15-27)4-6-18)14-24(26(29-25)33-2)32-11-9-21(28)10-12-32/h3-8,13-14,16,21H,9-12,28H2,1-2H3. The lowest BCUT2D eigenvalue weighted by molar-refractivity contribution is 0.395. The molecule has 0 bridgehead atoms. The molecule has 1 saturated heterocycles. The summed E-state index contributed by atoms with van der Waals surface area (Å²) in [5.41, 5.74) is 12.4. The highest BCUT2D eigenvalue weighted by Gasteiger charge is 2.23. The zero-order valence-corrected chi connectivity index (χ0v) is 18.8. The van der Waals surface area contributed by atoms with Crippen molar-refractivity contribution in [2.75, 3.05) is 25.1 Å². The number of nitrogens with two attached hydrogens (primary N) is 1. The number of methoxy groups -OCH3 is 1. The van der Waals surface area contributed by atoms with E-state index in [1.807, 2.05) is 42.2 Å². The molecule has 7 heteroatoms. The molecular formula is C26H26N6O. The Morgan fingerprint density at radius 2 is 1.79 bits per heavy atom. The van der Waals surface area contributed by atoms with Gasteiger partial charge in [-0.15, -0.1) is 0 Å². The molecule has 0 radical (unpaired) electrons.